The molecule has 2 heteroatoms. The third-order valence-electron chi connectivity index (χ3n) is 4.00. The van der Waals surface area contributed by atoms with Crippen LogP contribution in [0.3, 0.4) is 0 Å². The highest BCUT2D eigenvalue weighted by Crippen LogP contribution is 2.32. The molecular formula is C19H17ClO. The Bertz CT molecular complexity index is 808. The summed E-state index contributed by atoms with van der Waals surface area (Å²) in [7, 11) is 0. The second-order valence-corrected chi connectivity index (χ2v) is 5.86. The van der Waals surface area contributed by atoms with Crippen molar-refractivity contribution in [1.29, 1.82) is 0 Å². The van der Waals surface area contributed by atoms with Crippen molar-refractivity contribution in [2.24, 2.45) is 0 Å². The second kappa shape index (κ2) is 5.51. The smallest absolute Gasteiger partial charge is 0.105 e. The Kier molecular flexibility index (Phi) is 3.71. The van der Waals surface area contributed by atoms with Crippen molar-refractivity contribution in [3.63, 3.8) is 0 Å². The SMILES string of the molecule is Cc1cc(Cl)ccc1C(O)c1ccc(C)c2ccccc12. The minimum Gasteiger partial charge on any atom is -0.384 e. The molecule has 0 saturated heterocycles. The summed E-state index contributed by atoms with van der Waals surface area (Å²) in [6.07, 6.45) is -0.646. The zero-order valence-electron chi connectivity index (χ0n) is 12.1. The summed E-state index contributed by atoms with van der Waals surface area (Å²) >= 11 is 6.00. The molecular weight excluding hydrogens is 280 g/mol. The molecule has 0 saturated carbocycles. The van der Waals surface area contributed by atoms with Gasteiger partial charge in [0, 0.05) is 5.02 Å². The summed E-state index contributed by atoms with van der Waals surface area (Å²) < 4.78 is 0. The van der Waals surface area contributed by atoms with Crippen LogP contribution in [-0.2, 0) is 0 Å². The van der Waals surface area contributed by atoms with Crippen LogP contribution in [0, 0.1) is 13.8 Å². The number of hydrogen-bond donors (Lipinski definition) is 1. The van der Waals surface area contributed by atoms with Gasteiger partial charge in [-0.1, -0.05) is 54.1 Å². The van der Waals surface area contributed by atoms with Crippen LogP contribution >= 0.6 is 11.6 Å². The summed E-state index contributed by atoms with van der Waals surface area (Å²) in [5.74, 6) is 0. The fourth-order valence-corrected chi connectivity index (χ4v) is 3.05. The molecule has 1 N–H and O–H groups in total. The number of aliphatic hydroxyl groups excluding tert-OH is 1. The Morgan fingerprint density at radius 2 is 1.48 bits per heavy atom. The van der Waals surface area contributed by atoms with Crippen molar-refractivity contribution in [2.75, 3.05) is 0 Å². The molecule has 0 aliphatic rings. The van der Waals surface area contributed by atoms with Crippen molar-refractivity contribution in [3.8, 4) is 0 Å². The standard InChI is InChI=1S/C19H17ClO/c1-12-7-9-18(17-6-4-3-5-15(12)17)19(21)16-10-8-14(20)11-13(16)2/h3-11,19,21H,1-2H3. The van der Waals surface area contributed by atoms with Crippen LogP contribution in [0.15, 0.2) is 54.6 Å². The van der Waals surface area contributed by atoms with Gasteiger partial charge in [-0.15, -0.1) is 0 Å². The maximum atomic E-state index is 10.8. The number of aryl methyl sites for hydroxylation is 2. The lowest BCUT2D eigenvalue weighted by molar-refractivity contribution is 0.221. The maximum Gasteiger partial charge on any atom is 0.105 e. The summed E-state index contributed by atoms with van der Waals surface area (Å²) in [6, 6.07) is 17.9. The summed E-state index contributed by atoms with van der Waals surface area (Å²) in [5.41, 5.74) is 4.05. The first-order valence-electron chi connectivity index (χ1n) is 7.00. The van der Waals surface area contributed by atoms with Gasteiger partial charge in [-0.05, 0) is 59.0 Å². The van der Waals surface area contributed by atoms with E-state index < -0.39 is 6.10 Å². The van der Waals surface area contributed by atoms with Crippen LogP contribution in [-0.4, -0.2) is 5.11 Å². The van der Waals surface area contributed by atoms with Gasteiger partial charge in [0.25, 0.3) is 0 Å². The lowest BCUT2D eigenvalue weighted by Gasteiger charge is -2.17. The van der Waals surface area contributed by atoms with Crippen molar-refractivity contribution >= 4 is 22.4 Å². The van der Waals surface area contributed by atoms with E-state index >= 15 is 0 Å². The molecule has 1 nitrogen and oxygen atoms in total. The lowest BCUT2D eigenvalue weighted by atomic mass is 9.92. The van der Waals surface area contributed by atoms with Crippen molar-refractivity contribution in [3.05, 3.63) is 81.9 Å². The maximum absolute atomic E-state index is 10.8. The minimum atomic E-state index is -0.646. The molecule has 1 unspecified atom stereocenters. The van der Waals surface area contributed by atoms with Gasteiger partial charge in [0.05, 0.1) is 0 Å². The number of fused-ring (bicyclic) bond motifs is 1. The average Bonchev–Trinajstić information content (AvgIpc) is 2.47. The molecule has 0 fully saturated rings. The molecule has 0 spiro atoms. The Morgan fingerprint density at radius 3 is 2.19 bits per heavy atom. The summed E-state index contributed by atoms with van der Waals surface area (Å²) in [4.78, 5) is 0. The highest BCUT2D eigenvalue weighted by molar-refractivity contribution is 6.30. The molecule has 0 radical (unpaired) electrons. The monoisotopic (exact) mass is 296 g/mol. The predicted octanol–water partition coefficient (Wildman–Crippen LogP) is 5.19. The van der Waals surface area contributed by atoms with Gasteiger partial charge in [-0.3, -0.25) is 0 Å². The molecule has 0 bridgehead atoms. The number of halogens is 1. The first-order chi connectivity index (χ1) is 10.1. The first kappa shape index (κ1) is 14.1. The third-order valence-corrected chi connectivity index (χ3v) is 4.23. The van der Waals surface area contributed by atoms with E-state index in [9.17, 15) is 5.11 Å². The highest BCUT2D eigenvalue weighted by atomic mass is 35.5. The van der Waals surface area contributed by atoms with Gasteiger partial charge >= 0.3 is 0 Å². The Labute approximate surface area is 129 Å². The van der Waals surface area contributed by atoms with Crippen LogP contribution in [0.5, 0.6) is 0 Å². The largest absolute Gasteiger partial charge is 0.384 e. The number of aliphatic hydroxyl groups is 1. The van der Waals surface area contributed by atoms with Gasteiger partial charge in [-0.25, -0.2) is 0 Å². The quantitative estimate of drug-likeness (QED) is 0.690. The third kappa shape index (κ3) is 2.55. The zero-order chi connectivity index (χ0) is 15.0. The van der Waals surface area contributed by atoms with E-state index in [1.54, 1.807) is 0 Å². The van der Waals surface area contributed by atoms with E-state index in [1.165, 1.54) is 10.9 Å². The van der Waals surface area contributed by atoms with Gasteiger partial charge < -0.3 is 5.11 Å². The molecule has 3 aromatic rings. The van der Waals surface area contributed by atoms with E-state index in [-0.39, 0.29) is 0 Å². The fourth-order valence-electron chi connectivity index (χ4n) is 2.82. The molecule has 106 valence electrons. The zero-order valence-corrected chi connectivity index (χ0v) is 12.9. The van der Waals surface area contributed by atoms with E-state index in [0.717, 1.165) is 22.1 Å². The highest BCUT2D eigenvalue weighted by Gasteiger charge is 2.16. The fraction of sp³-hybridized carbons (Fsp3) is 0.158. The molecule has 21 heavy (non-hydrogen) atoms. The van der Waals surface area contributed by atoms with Crippen LogP contribution in [0.1, 0.15) is 28.4 Å². The number of rotatable bonds is 2. The van der Waals surface area contributed by atoms with Crippen LogP contribution in [0.25, 0.3) is 10.8 Å². The second-order valence-electron chi connectivity index (χ2n) is 5.42. The average molecular weight is 297 g/mol. The van der Waals surface area contributed by atoms with E-state index in [1.807, 2.05) is 43.3 Å². The topological polar surface area (TPSA) is 20.2 Å². The van der Waals surface area contributed by atoms with E-state index in [2.05, 4.69) is 25.1 Å². The van der Waals surface area contributed by atoms with Gasteiger partial charge in [0.2, 0.25) is 0 Å². The van der Waals surface area contributed by atoms with E-state index in [4.69, 9.17) is 11.6 Å². The normalized spacial score (nSPS) is 12.6. The van der Waals surface area contributed by atoms with Crippen molar-refractivity contribution in [2.45, 2.75) is 20.0 Å². The molecule has 0 heterocycles. The van der Waals surface area contributed by atoms with Gasteiger partial charge in [0.15, 0.2) is 0 Å². The van der Waals surface area contributed by atoms with Crippen LogP contribution < -0.4 is 0 Å². The molecule has 3 aromatic carbocycles. The predicted molar refractivity (Wildman–Crippen MR) is 88.9 cm³/mol. The summed E-state index contributed by atoms with van der Waals surface area (Å²) in [6.45, 7) is 4.06. The lowest BCUT2D eigenvalue weighted by Crippen LogP contribution is -2.03. The van der Waals surface area contributed by atoms with Crippen molar-refractivity contribution < 1.29 is 5.11 Å². The van der Waals surface area contributed by atoms with Crippen molar-refractivity contribution in [1.82, 2.24) is 0 Å². The summed E-state index contributed by atoms with van der Waals surface area (Å²) in [5, 5.41) is 13.8. The minimum absolute atomic E-state index is 0.646. The Morgan fingerprint density at radius 1 is 0.810 bits per heavy atom. The Hall–Kier alpha value is -1.83. The van der Waals surface area contributed by atoms with Gasteiger partial charge in [0.1, 0.15) is 6.10 Å². The number of hydrogen-bond acceptors (Lipinski definition) is 1. The van der Waals surface area contributed by atoms with Gasteiger partial charge in [-0.2, -0.15) is 0 Å². The molecule has 3 rings (SSSR count). The Balaban J connectivity index is 2.18. The van der Waals surface area contributed by atoms with E-state index in [0.29, 0.717) is 5.02 Å². The van der Waals surface area contributed by atoms with Crippen LogP contribution in [0.4, 0.5) is 0 Å². The first-order valence-corrected chi connectivity index (χ1v) is 7.38. The van der Waals surface area contributed by atoms with Crippen LogP contribution in [0.2, 0.25) is 5.02 Å². The molecule has 0 aliphatic heterocycles. The number of benzene rings is 3. The molecule has 0 aliphatic carbocycles. The molecule has 0 amide bonds. The molecule has 1 atom stereocenters. The molecule has 0 aromatic heterocycles.